The highest BCUT2D eigenvalue weighted by atomic mass is 31.2. The number of carbonyl (C=O) groups is 1. The number of quaternary nitrogens is 1. The normalized spacial score (nSPS) is 15.0. The molecule has 0 aliphatic rings. The van der Waals surface area contributed by atoms with Gasteiger partial charge < -0.3 is 24.9 Å². The minimum Gasteiger partial charge on any atom is -0.387 e. The molecule has 10 heteroatoms. The molecule has 2 unspecified atom stereocenters. The average molecular weight is 832 g/mol. The van der Waals surface area contributed by atoms with Gasteiger partial charge in [0.25, 0.3) is 0 Å². The lowest BCUT2D eigenvalue weighted by Crippen LogP contribution is -2.49. The lowest BCUT2D eigenvalue weighted by atomic mass is 10.0. The molecule has 0 fully saturated rings. The summed E-state index contributed by atoms with van der Waals surface area (Å²) in [7, 11) is 1.43. The minimum absolute atomic E-state index is 0.0208. The second-order valence-corrected chi connectivity index (χ2v) is 19.9. The molecular formula is C47H96N2O7P+. The van der Waals surface area contributed by atoms with Gasteiger partial charge in [-0.1, -0.05) is 213 Å². The van der Waals surface area contributed by atoms with Crippen LogP contribution in [-0.4, -0.2) is 84.6 Å². The predicted molar refractivity (Wildman–Crippen MR) is 241 cm³/mol. The molecule has 0 radical (unpaired) electrons. The topological polar surface area (TPSA) is 125 Å². The van der Waals surface area contributed by atoms with Crippen molar-refractivity contribution in [2.24, 2.45) is 5.92 Å². The zero-order valence-corrected chi connectivity index (χ0v) is 39.3. The standard InChI is InChI=1S/C47H95N2O7P/c1-7-8-9-10-11-12-13-14-15-16-17-18-19-20-21-22-23-26-30-33-36-39-46(51)47(52)48-44(42-56-57(53,54)55-41-40-49(4,5)6)45(50)38-35-32-29-27-24-25-28-31-34-37-43(2)3/h35,38,43-46,50-51H,7-34,36-37,39-42H2,1-6H3,(H-,48,52,53,54)/p+1/b38-35+/t44-,45+,46?/m0/s1. The van der Waals surface area contributed by atoms with E-state index in [2.05, 4.69) is 26.1 Å². The highest BCUT2D eigenvalue weighted by Crippen LogP contribution is 2.43. The second-order valence-electron chi connectivity index (χ2n) is 18.5. The van der Waals surface area contributed by atoms with Gasteiger partial charge in [0, 0.05) is 0 Å². The van der Waals surface area contributed by atoms with Crippen molar-refractivity contribution in [2.45, 2.75) is 238 Å². The number of likely N-dealkylation sites (N-methyl/N-ethyl adjacent to an activating group) is 1. The molecule has 0 aliphatic carbocycles. The van der Waals surface area contributed by atoms with Crippen molar-refractivity contribution in [3.05, 3.63) is 12.2 Å². The van der Waals surface area contributed by atoms with Gasteiger partial charge in [0.05, 0.1) is 39.9 Å². The Labute approximate surface area is 353 Å². The van der Waals surface area contributed by atoms with Crippen LogP contribution < -0.4 is 5.32 Å². The third-order valence-corrected chi connectivity index (χ3v) is 12.0. The van der Waals surface area contributed by atoms with Crippen LogP contribution in [0.15, 0.2) is 12.2 Å². The molecule has 340 valence electrons. The first-order chi connectivity index (χ1) is 27.3. The van der Waals surface area contributed by atoms with Crippen molar-refractivity contribution in [3.63, 3.8) is 0 Å². The zero-order valence-electron chi connectivity index (χ0n) is 38.4. The Bertz CT molecular complexity index is 974. The summed E-state index contributed by atoms with van der Waals surface area (Å²) in [5, 5.41) is 24.3. The van der Waals surface area contributed by atoms with Gasteiger partial charge in [-0.15, -0.1) is 0 Å². The number of carbonyl (C=O) groups excluding carboxylic acids is 1. The van der Waals surface area contributed by atoms with Gasteiger partial charge in [-0.05, 0) is 25.2 Å². The van der Waals surface area contributed by atoms with Gasteiger partial charge in [-0.2, -0.15) is 0 Å². The van der Waals surface area contributed by atoms with Gasteiger partial charge in [0.1, 0.15) is 19.3 Å². The Hall–Kier alpha value is -0.800. The molecule has 0 aromatic carbocycles. The van der Waals surface area contributed by atoms with E-state index in [9.17, 15) is 24.5 Å². The van der Waals surface area contributed by atoms with E-state index in [4.69, 9.17) is 9.05 Å². The Morgan fingerprint density at radius 2 is 1.04 bits per heavy atom. The Morgan fingerprint density at radius 1 is 0.632 bits per heavy atom. The largest absolute Gasteiger partial charge is 0.472 e. The highest BCUT2D eigenvalue weighted by Gasteiger charge is 2.29. The summed E-state index contributed by atoms with van der Waals surface area (Å²) in [5.74, 6) is 0.162. The monoisotopic (exact) mass is 832 g/mol. The van der Waals surface area contributed by atoms with Crippen LogP contribution in [0.25, 0.3) is 0 Å². The fourth-order valence-corrected chi connectivity index (χ4v) is 7.85. The van der Waals surface area contributed by atoms with Crippen molar-refractivity contribution in [2.75, 3.05) is 40.9 Å². The predicted octanol–water partition coefficient (Wildman–Crippen LogP) is 12.4. The Morgan fingerprint density at radius 3 is 1.46 bits per heavy atom. The van der Waals surface area contributed by atoms with Crippen molar-refractivity contribution < 1.29 is 38.0 Å². The molecule has 0 aromatic heterocycles. The smallest absolute Gasteiger partial charge is 0.387 e. The van der Waals surface area contributed by atoms with Gasteiger partial charge in [-0.25, -0.2) is 4.57 Å². The summed E-state index contributed by atoms with van der Waals surface area (Å²) < 4.78 is 23.5. The highest BCUT2D eigenvalue weighted by molar-refractivity contribution is 7.47. The first kappa shape index (κ1) is 56.2. The summed E-state index contributed by atoms with van der Waals surface area (Å²) in [4.78, 5) is 23.2. The molecule has 0 spiro atoms. The summed E-state index contributed by atoms with van der Waals surface area (Å²) >= 11 is 0. The summed E-state index contributed by atoms with van der Waals surface area (Å²) in [6.07, 6.45) is 39.4. The zero-order chi connectivity index (χ0) is 42.5. The maximum atomic E-state index is 13.0. The number of aliphatic hydroxyl groups is 2. The van der Waals surface area contributed by atoms with Crippen molar-refractivity contribution >= 4 is 13.7 Å². The van der Waals surface area contributed by atoms with E-state index in [1.165, 1.54) is 154 Å². The summed E-state index contributed by atoms with van der Waals surface area (Å²) in [5.41, 5.74) is 0. The maximum Gasteiger partial charge on any atom is 0.472 e. The lowest BCUT2D eigenvalue weighted by molar-refractivity contribution is -0.870. The number of hydrogen-bond donors (Lipinski definition) is 4. The van der Waals surface area contributed by atoms with Gasteiger partial charge in [0.15, 0.2) is 0 Å². The third-order valence-electron chi connectivity index (χ3n) is 11.0. The first-order valence-electron chi connectivity index (χ1n) is 24.0. The van der Waals surface area contributed by atoms with E-state index in [1.807, 2.05) is 27.2 Å². The van der Waals surface area contributed by atoms with E-state index in [0.717, 1.165) is 44.4 Å². The van der Waals surface area contributed by atoms with Crippen LogP contribution >= 0.6 is 7.82 Å². The van der Waals surface area contributed by atoms with Crippen LogP contribution in [0.1, 0.15) is 220 Å². The molecule has 0 aliphatic heterocycles. The first-order valence-corrected chi connectivity index (χ1v) is 25.5. The molecule has 1 amide bonds. The SMILES string of the molecule is CCCCCCCCCCCCCCCCCCCCCCCC(O)C(=O)N[C@@H](COP(=O)(O)OCC[N+](C)(C)C)[C@H](O)/C=C/CCCCCCCCCC(C)C. The van der Waals surface area contributed by atoms with Crippen molar-refractivity contribution in [1.82, 2.24) is 5.32 Å². The van der Waals surface area contributed by atoms with Crippen LogP contribution in [0, 0.1) is 5.92 Å². The number of nitrogens with zero attached hydrogens (tertiary/aromatic N) is 1. The van der Waals surface area contributed by atoms with Gasteiger partial charge in [-0.3, -0.25) is 13.8 Å². The van der Waals surface area contributed by atoms with Crippen molar-refractivity contribution in [3.8, 4) is 0 Å². The summed E-state index contributed by atoms with van der Waals surface area (Å²) in [6.45, 7) is 6.92. The molecule has 0 saturated heterocycles. The molecular weight excluding hydrogens is 735 g/mol. The van der Waals surface area contributed by atoms with Gasteiger partial charge >= 0.3 is 7.82 Å². The summed E-state index contributed by atoms with van der Waals surface area (Å²) in [6, 6.07) is -1.02. The third kappa shape index (κ3) is 40.4. The molecule has 57 heavy (non-hydrogen) atoms. The second kappa shape index (κ2) is 38.1. The number of allylic oxidation sites excluding steroid dienone is 1. The molecule has 9 nitrogen and oxygen atoms in total. The van der Waals surface area contributed by atoms with E-state index < -0.39 is 38.6 Å². The lowest BCUT2D eigenvalue weighted by Gasteiger charge is -2.26. The fourth-order valence-electron chi connectivity index (χ4n) is 7.12. The molecule has 4 N–H and O–H groups in total. The number of phosphoric ester groups is 1. The van der Waals surface area contributed by atoms with E-state index >= 15 is 0 Å². The van der Waals surface area contributed by atoms with Crippen LogP contribution in [0.5, 0.6) is 0 Å². The maximum absolute atomic E-state index is 13.0. The van der Waals surface area contributed by atoms with Crippen LogP contribution in [-0.2, 0) is 18.4 Å². The van der Waals surface area contributed by atoms with E-state index in [0.29, 0.717) is 17.4 Å². The number of hydrogen-bond acceptors (Lipinski definition) is 6. The fraction of sp³-hybridized carbons (Fsp3) is 0.936. The number of unbranched alkanes of at least 4 members (excludes halogenated alkanes) is 27. The molecule has 4 atom stereocenters. The number of nitrogens with one attached hydrogen (secondary N) is 1. The molecule has 0 saturated carbocycles. The molecule has 0 bridgehead atoms. The van der Waals surface area contributed by atoms with Crippen molar-refractivity contribution in [1.29, 1.82) is 0 Å². The van der Waals surface area contributed by atoms with Gasteiger partial charge in [0.2, 0.25) is 5.91 Å². The van der Waals surface area contributed by atoms with Crippen LogP contribution in [0.4, 0.5) is 0 Å². The Kier molecular flexibility index (Phi) is 37.6. The Balaban J connectivity index is 4.36. The molecule has 0 heterocycles. The number of phosphoric acid groups is 1. The average Bonchev–Trinajstić information content (AvgIpc) is 3.15. The molecule has 0 aromatic rings. The quantitative estimate of drug-likeness (QED) is 0.0209. The number of amides is 1. The van der Waals surface area contributed by atoms with Crippen LogP contribution in [0.3, 0.4) is 0 Å². The number of rotatable bonds is 43. The minimum atomic E-state index is -4.41. The van der Waals surface area contributed by atoms with E-state index in [1.54, 1.807) is 6.08 Å². The molecule has 0 rings (SSSR count). The number of aliphatic hydroxyl groups excluding tert-OH is 2. The van der Waals surface area contributed by atoms with Crippen LogP contribution in [0.2, 0.25) is 0 Å². The van der Waals surface area contributed by atoms with E-state index in [-0.39, 0.29) is 6.61 Å².